The molecule has 3 rings (SSSR count). The first-order chi connectivity index (χ1) is 10.6. The summed E-state index contributed by atoms with van der Waals surface area (Å²) in [6.07, 6.45) is 1.57. The van der Waals surface area contributed by atoms with E-state index in [9.17, 15) is 0 Å². The number of benzene rings is 2. The molecule has 1 aromatic heterocycles. The zero-order valence-electron chi connectivity index (χ0n) is 12.8. The number of hydrogen-bond acceptors (Lipinski definition) is 4. The van der Waals surface area contributed by atoms with E-state index >= 15 is 0 Å². The molecule has 0 fully saturated rings. The Morgan fingerprint density at radius 1 is 1.09 bits per heavy atom. The van der Waals surface area contributed by atoms with Crippen LogP contribution in [0.3, 0.4) is 0 Å². The molecule has 0 bridgehead atoms. The first kappa shape index (κ1) is 14.7. The number of ether oxygens (including phenoxy) is 1. The van der Waals surface area contributed by atoms with Crippen molar-refractivity contribution < 1.29 is 4.74 Å². The van der Waals surface area contributed by atoms with Crippen LogP contribution in [0, 0.1) is 13.8 Å². The molecule has 3 aromatic rings. The highest BCUT2D eigenvalue weighted by Gasteiger charge is 2.09. The van der Waals surface area contributed by atoms with Crippen molar-refractivity contribution >= 4 is 37.0 Å². The number of methoxy groups -OCH3 is 1. The van der Waals surface area contributed by atoms with E-state index in [-0.39, 0.29) is 0 Å². The van der Waals surface area contributed by atoms with Gasteiger partial charge < -0.3 is 10.1 Å². The molecule has 0 amide bonds. The number of anilines is 2. The van der Waals surface area contributed by atoms with Crippen LogP contribution < -0.4 is 15.4 Å². The highest BCUT2D eigenvalue weighted by atomic mass is 31.0. The van der Waals surface area contributed by atoms with Crippen molar-refractivity contribution in [3.05, 3.63) is 47.8 Å². The fourth-order valence-corrected chi connectivity index (χ4v) is 2.87. The maximum absolute atomic E-state index is 5.36. The largest absolute Gasteiger partial charge is 0.496 e. The van der Waals surface area contributed by atoms with E-state index in [0.29, 0.717) is 0 Å². The lowest BCUT2D eigenvalue weighted by Crippen LogP contribution is -2.04. The van der Waals surface area contributed by atoms with E-state index in [0.717, 1.165) is 39.0 Å². The quantitative estimate of drug-likeness (QED) is 0.752. The summed E-state index contributed by atoms with van der Waals surface area (Å²) < 4.78 is 5.36. The minimum atomic E-state index is 0.795. The normalized spacial score (nSPS) is 10.7. The Morgan fingerprint density at radius 3 is 2.64 bits per heavy atom. The SMILES string of the molecule is COc1cc2ncnc(Nc3ccc(C)cc3P)c2cc1C. The van der Waals surface area contributed by atoms with Crippen LogP contribution >= 0.6 is 9.24 Å². The molecule has 0 aliphatic heterocycles. The second-order valence-electron chi connectivity index (χ2n) is 5.28. The lowest BCUT2D eigenvalue weighted by Gasteiger charge is -2.12. The van der Waals surface area contributed by atoms with Crippen molar-refractivity contribution in [2.45, 2.75) is 13.8 Å². The number of nitrogens with one attached hydrogen (secondary N) is 1. The van der Waals surface area contributed by atoms with Gasteiger partial charge in [0.25, 0.3) is 0 Å². The minimum absolute atomic E-state index is 0.795. The summed E-state index contributed by atoms with van der Waals surface area (Å²) in [5, 5.41) is 5.48. The fraction of sp³-hybridized carbons (Fsp3) is 0.176. The zero-order valence-corrected chi connectivity index (χ0v) is 14.0. The molecule has 0 spiro atoms. The van der Waals surface area contributed by atoms with E-state index in [4.69, 9.17) is 4.74 Å². The molecule has 2 aromatic carbocycles. The number of aromatic nitrogens is 2. The van der Waals surface area contributed by atoms with E-state index in [1.54, 1.807) is 13.4 Å². The third-order valence-corrected chi connectivity index (χ3v) is 4.09. The van der Waals surface area contributed by atoms with Crippen LogP contribution in [-0.2, 0) is 0 Å². The van der Waals surface area contributed by atoms with Crippen LogP contribution in [0.25, 0.3) is 10.9 Å². The smallest absolute Gasteiger partial charge is 0.141 e. The van der Waals surface area contributed by atoms with Gasteiger partial charge in [-0.05, 0) is 36.8 Å². The molecule has 1 N–H and O–H groups in total. The molecular formula is C17H18N3OP. The third-order valence-electron chi connectivity index (χ3n) is 3.61. The predicted octanol–water partition coefficient (Wildman–Crippen LogP) is 3.50. The van der Waals surface area contributed by atoms with Crippen LogP contribution in [0.4, 0.5) is 11.5 Å². The highest BCUT2D eigenvalue weighted by Crippen LogP contribution is 2.29. The van der Waals surface area contributed by atoms with E-state index < -0.39 is 0 Å². The second kappa shape index (κ2) is 5.90. The number of hydrogen-bond donors (Lipinski definition) is 1. The van der Waals surface area contributed by atoms with Crippen molar-refractivity contribution in [3.8, 4) is 5.75 Å². The maximum Gasteiger partial charge on any atom is 0.141 e. The molecule has 1 heterocycles. The Balaban J connectivity index is 2.09. The van der Waals surface area contributed by atoms with Crippen molar-refractivity contribution in [3.63, 3.8) is 0 Å². The molecular weight excluding hydrogens is 293 g/mol. The fourth-order valence-electron chi connectivity index (χ4n) is 2.44. The predicted molar refractivity (Wildman–Crippen MR) is 94.6 cm³/mol. The maximum atomic E-state index is 5.36. The van der Waals surface area contributed by atoms with Crippen LogP contribution in [0.2, 0.25) is 0 Å². The number of aryl methyl sites for hydroxylation is 2. The molecule has 0 saturated carbocycles. The zero-order chi connectivity index (χ0) is 15.7. The summed E-state index contributed by atoms with van der Waals surface area (Å²) in [6.45, 7) is 4.09. The summed E-state index contributed by atoms with van der Waals surface area (Å²) in [7, 11) is 4.42. The van der Waals surface area contributed by atoms with E-state index in [1.807, 2.05) is 19.1 Å². The van der Waals surface area contributed by atoms with Gasteiger partial charge in [0, 0.05) is 17.1 Å². The van der Waals surface area contributed by atoms with Gasteiger partial charge in [-0.3, -0.25) is 0 Å². The highest BCUT2D eigenvalue weighted by molar-refractivity contribution is 7.28. The average molecular weight is 311 g/mol. The van der Waals surface area contributed by atoms with Gasteiger partial charge in [-0.2, -0.15) is 0 Å². The van der Waals surface area contributed by atoms with Gasteiger partial charge in [0.1, 0.15) is 17.9 Å². The van der Waals surface area contributed by atoms with Crippen molar-refractivity contribution in [1.82, 2.24) is 9.97 Å². The monoisotopic (exact) mass is 311 g/mol. The lowest BCUT2D eigenvalue weighted by molar-refractivity contribution is 0.412. The van der Waals surface area contributed by atoms with Crippen LogP contribution in [0.15, 0.2) is 36.7 Å². The van der Waals surface area contributed by atoms with Gasteiger partial charge >= 0.3 is 0 Å². The summed E-state index contributed by atoms with van der Waals surface area (Å²) >= 11 is 0. The Hall–Kier alpha value is -2.19. The van der Waals surface area contributed by atoms with Gasteiger partial charge in [0.15, 0.2) is 0 Å². The van der Waals surface area contributed by atoms with Crippen molar-refractivity contribution in [2.24, 2.45) is 0 Å². The first-order valence-corrected chi connectivity index (χ1v) is 7.58. The second-order valence-corrected chi connectivity index (χ2v) is 5.90. The Labute approximate surface area is 132 Å². The minimum Gasteiger partial charge on any atom is -0.496 e. The van der Waals surface area contributed by atoms with Gasteiger partial charge in [-0.1, -0.05) is 17.7 Å². The molecule has 112 valence electrons. The van der Waals surface area contributed by atoms with Gasteiger partial charge in [0.05, 0.1) is 12.6 Å². The van der Waals surface area contributed by atoms with Gasteiger partial charge in [-0.15, -0.1) is 9.24 Å². The molecule has 4 nitrogen and oxygen atoms in total. The standard InChI is InChI=1S/C17H18N3OP/c1-10-4-5-13(16(22)6-10)20-17-12-7-11(2)15(21-3)8-14(12)18-9-19-17/h4-9H,22H2,1-3H3,(H,18,19,20). The molecule has 5 heteroatoms. The first-order valence-electron chi connectivity index (χ1n) is 7.01. The summed E-state index contributed by atoms with van der Waals surface area (Å²) in [5.74, 6) is 1.63. The molecule has 1 atom stereocenters. The number of rotatable bonds is 3. The number of fused-ring (bicyclic) bond motifs is 1. The molecule has 0 radical (unpaired) electrons. The topological polar surface area (TPSA) is 47.0 Å². The van der Waals surface area contributed by atoms with Crippen LogP contribution in [0.5, 0.6) is 5.75 Å². The van der Waals surface area contributed by atoms with Crippen LogP contribution in [0.1, 0.15) is 11.1 Å². The van der Waals surface area contributed by atoms with Crippen LogP contribution in [-0.4, -0.2) is 17.1 Å². The van der Waals surface area contributed by atoms with E-state index in [1.165, 1.54) is 5.56 Å². The molecule has 22 heavy (non-hydrogen) atoms. The molecule has 0 saturated heterocycles. The Morgan fingerprint density at radius 2 is 1.91 bits per heavy atom. The summed E-state index contributed by atoms with van der Waals surface area (Å²) in [4.78, 5) is 8.72. The van der Waals surface area contributed by atoms with E-state index in [2.05, 4.69) is 49.6 Å². The average Bonchev–Trinajstić information content (AvgIpc) is 2.50. The molecule has 0 aliphatic rings. The lowest BCUT2D eigenvalue weighted by atomic mass is 10.1. The third kappa shape index (κ3) is 2.75. The van der Waals surface area contributed by atoms with Gasteiger partial charge in [0.2, 0.25) is 0 Å². The molecule has 0 aliphatic carbocycles. The summed E-state index contributed by atoms with van der Waals surface area (Å²) in [5.41, 5.74) is 4.16. The number of nitrogens with zero attached hydrogens (tertiary/aromatic N) is 2. The summed E-state index contributed by atoms with van der Waals surface area (Å²) in [6, 6.07) is 10.2. The van der Waals surface area contributed by atoms with Crippen molar-refractivity contribution in [1.29, 1.82) is 0 Å². The Bertz CT molecular complexity index is 849. The van der Waals surface area contributed by atoms with Crippen molar-refractivity contribution in [2.75, 3.05) is 12.4 Å². The Kier molecular flexibility index (Phi) is 3.95. The van der Waals surface area contributed by atoms with Gasteiger partial charge in [-0.25, -0.2) is 9.97 Å². The molecule has 1 unspecified atom stereocenters.